The first-order valence-corrected chi connectivity index (χ1v) is 10.4. The Kier molecular flexibility index (Phi) is 5.09. The minimum Gasteiger partial charge on any atom is -0.497 e. The fourth-order valence-corrected chi connectivity index (χ4v) is 4.39. The van der Waals surface area contributed by atoms with E-state index < -0.39 is 0 Å². The average Bonchev–Trinajstić information content (AvgIpc) is 3.44. The van der Waals surface area contributed by atoms with Gasteiger partial charge in [0.05, 0.1) is 30.7 Å². The van der Waals surface area contributed by atoms with Crippen molar-refractivity contribution in [2.24, 2.45) is 0 Å². The van der Waals surface area contributed by atoms with E-state index in [1.165, 1.54) is 0 Å². The van der Waals surface area contributed by atoms with Crippen molar-refractivity contribution in [2.45, 2.75) is 12.1 Å². The fourth-order valence-electron chi connectivity index (χ4n) is 4.04. The molecule has 0 bridgehead atoms. The SMILES string of the molecule is COc1ccc(N2C(=S)N[C@@H](c3ccccn3)[C@H]2c2cccn2-c2cccnc2)cc1. The number of nitrogens with zero attached hydrogens (tertiary/aromatic N) is 4. The second-order valence-electron chi connectivity index (χ2n) is 7.21. The van der Waals surface area contributed by atoms with Crippen molar-refractivity contribution in [3.05, 3.63) is 103 Å². The van der Waals surface area contributed by atoms with Crippen LogP contribution in [0.1, 0.15) is 23.5 Å². The zero-order valence-electron chi connectivity index (χ0n) is 16.9. The number of hydrogen-bond acceptors (Lipinski definition) is 4. The smallest absolute Gasteiger partial charge is 0.174 e. The summed E-state index contributed by atoms with van der Waals surface area (Å²) in [6.07, 6.45) is 7.50. The molecular weight excluding hydrogens is 406 g/mol. The molecule has 0 saturated carbocycles. The highest BCUT2D eigenvalue weighted by Gasteiger charge is 2.42. The topological polar surface area (TPSA) is 55.2 Å². The fraction of sp³-hybridized carbons (Fsp3) is 0.125. The number of rotatable bonds is 5. The van der Waals surface area contributed by atoms with Crippen LogP contribution in [0.2, 0.25) is 0 Å². The first-order valence-electron chi connectivity index (χ1n) is 9.98. The summed E-state index contributed by atoms with van der Waals surface area (Å²) >= 11 is 5.81. The van der Waals surface area contributed by atoms with Gasteiger partial charge >= 0.3 is 0 Å². The molecule has 0 radical (unpaired) electrons. The van der Waals surface area contributed by atoms with Gasteiger partial charge in [-0.15, -0.1) is 0 Å². The highest BCUT2D eigenvalue weighted by atomic mass is 32.1. The predicted octanol–water partition coefficient (Wildman–Crippen LogP) is 4.45. The maximum atomic E-state index is 5.81. The van der Waals surface area contributed by atoms with Crippen LogP contribution in [0, 0.1) is 0 Å². The molecule has 3 aromatic heterocycles. The second-order valence-corrected chi connectivity index (χ2v) is 7.60. The molecule has 2 atom stereocenters. The van der Waals surface area contributed by atoms with E-state index in [1.54, 1.807) is 13.3 Å². The van der Waals surface area contributed by atoms with Gasteiger partial charge in [0.1, 0.15) is 11.8 Å². The van der Waals surface area contributed by atoms with Crippen molar-refractivity contribution in [1.82, 2.24) is 19.9 Å². The second kappa shape index (κ2) is 8.20. The van der Waals surface area contributed by atoms with Crippen molar-refractivity contribution in [3.63, 3.8) is 0 Å². The molecule has 1 fully saturated rings. The van der Waals surface area contributed by atoms with E-state index in [4.69, 9.17) is 17.0 Å². The Labute approximate surface area is 186 Å². The van der Waals surface area contributed by atoms with Crippen LogP contribution in [-0.4, -0.2) is 26.8 Å². The third kappa shape index (κ3) is 3.53. The molecule has 5 rings (SSSR count). The van der Waals surface area contributed by atoms with Crippen LogP contribution in [0.5, 0.6) is 5.75 Å². The number of aromatic nitrogens is 3. The summed E-state index contributed by atoms with van der Waals surface area (Å²) in [6, 6.07) is 21.8. The van der Waals surface area contributed by atoms with Gasteiger partial charge in [0.2, 0.25) is 0 Å². The van der Waals surface area contributed by atoms with E-state index in [9.17, 15) is 0 Å². The quantitative estimate of drug-likeness (QED) is 0.475. The maximum absolute atomic E-state index is 5.81. The van der Waals surface area contributed by atoms with Crippen LogP contribution in [-0.2, 0) is 0 Å². The van der Waals surface area contributed by atoms with E-state index in [2.05, 4.69) is 37.0 Å². The van der Waals surface area contributed by atoms with Gasteiger partial charge in [0.25, 0.3) is 0 Å². The molecule has 0 amide bonds. The molecule has 4 heterocycles. The number of anilines is 1. The number of hydrogen-bond donors (Lipinski definition) is 1. The van der Waals surface area contributed by atoms with Crippen molar-refractivity contribution in [1.29, 1.82) is 0 Å². The average molecular weight is 428 g/mol. The predicted molar refractivity (Wildman–Crippen MR) is 124 cm³/mol. The molecule has 1 aromatic carbocycles. The first kappa shape index (κ1) is 19.3. The minimum atomic E-state index is -0.110. The minimum absolute atomic E-state index is 0.106. The number of benzene rings is 1. The van der Waals surface area contributed by atoms with Gasteiger partial charge in [-0.25, -0.2) is 0 Å². The Balaban J connectivity index is 1.65. The van der Waals surface area contributed by atoms with Gasteiger partial charge in [0.15, 0.2) is 5.11 Å². The largest absolute Gasteiger partial charge is 0.497 e. The lowest BCUT2D eigenvalue weighted by Crippen LogP contribution is -2.30. The van der Waals surface area contributed by atoms with Crippen LogP contribution in [0.3, 0.4) is 0 Å². The van der Waals surface area contributed by atoms with Crippen molar-refractivity contribution < 1.29 is 4.74 Å². The van der Waals surface area contributed by atoms with Gasteiger partial charge in [-0.1, -0.05) is 6.07 Å². The zero-order chi connectivity index (χ0) is 21.2. The summed E-state index contributed by atoms with van der Waals surface area (Å²) in [7, 11) is 1.66. The van der Waals surface area contributed by atoms with Gasteiger partial charge in [-0.05, 0) is 72.9 Å². The van der Waals surface area contributed by atoms with E-state index in [-0.39, 0.29) is 12.1 Å². The maximum Gasteiger partial charge on any atom is 0.174 e. The molecule has 31 heavy (non-hydrogen) atoms. The molecule has 1 saturated heterocycles. The van der Waals surface area contributed by atoms with Crippen LogP contribution in [0.25, 0.3) is 5.69 Å². The lowest BCUT2D eigenvalue weighted by Gasteiger charge is -2.29. The van der Waals surface area contributed by atoms with Crippen molar-refractivity contribution in [3.8, 4) is 11.4 Å². The van der Waals surface area contributed by atoms with Crippen molar-refractivity contribution in [2.75, 3.05) is 12.0 Å². The summed E-state index contributed by atoms with van der Waals surface area (Å²) in [5.41, 5.74) is 4.01. The lowest BCUT2D eigenvalue weighted by molar-refractivity contribution is 0.415. The summed E-state index contributed by atoms with van der Waals surface area (Å²) in [5, 5.41) is 4.16. The molecular formula is C24H21N5OS. The first-order chi connectivity index (χ1) is 15.3. The zero-order valence-corrected chi connectivity index (χ0v) is 17.7. The normalized spacial score (nSPS) is 18.1. The summed E-state index contributed by atoms with van der Waals surface area (Å²) < 4.78 is 7.49. The highest BCUT2D eigenvalue weighted by molar-refractivity contribution is 7.80. The van der Waals surface area contributed by atoms with Gasteiger partial charge in [0, 0.05) is 30.0 Å². The van der Waals surface area contributed by atoms with Gasteiger partial charge in [-0.3, -0.25) is 9.97 Å². The molecule has 154 valence electrons. The molecule has 0 unspecified atom stereocenters. The number of pyridine rings is 2. The monoisotopic (exact) mass is 427 g/mol. The van der Waals surface area contributed by atoms with Crippen LogP contribution < -0.4 is 15.0 Å². The van der Waals surface area contributed by atoms with Crippen LogP contribution in [0.15, 0.2) is 91.5 Å². The number of methoxy groups -OCH3 is 1. The van der Waals surface area contributed by atoms with Gasteiger partial charge in [-0.2, -0.15) is 0 Å². The van der Waals surface area contributed by atoms with E-state index in [0.29, 0.717) is 5.11 Å². The summed E-state index contributed by atoms with van der Waals surface area (Å²) in [6.45, 7) is 0. The molecule has 0 aliphatic carbocycles. The van der Waals surface area contributed by atoms with E-state index >= 15 is 0 Å². The van der Waals surface area contributed by atoms with E-state index in [1.807, 2.05) is 73.1 Å². The molecule has 0 spiro atoms. The van der Waals surface area contributed by atoms with Gasteiger partial charge < -0.3 is 19.5 Å². The van der Waals surface area contributed by atoms with Crippen molar-refractivity contribution >= 4 is 23.0 Å². The van der Waals surface area contributed by atoms with Crippen LogP contribution >= 0.6 is 12.2 Å². The molecule has 1 aliphatic rings. The summed E-state index contributed by atoms with van der Waals surface area (Å²) in [4.78, 5) is 11.1. The molecule has 4 aromatic rings. The molecule has 1 N–H and O–H groups in total. The Hall–Kier alpha value is -3.71. The van der Waals surface area contributed by atoms with E-state index in [0.717, 1.165) is 28.5 Å². The Bertz CT molecular complexity index is 1180. The lowest BCUT2D eigenvalue weighted by atomic mass is 10.0. The Morgan fingerprint density at radius 2 is 1.81 bits per heavy atom. The number of nitrogens with one attached hydrogen (secondary N) is 1. The van der Waals surface area contributed by atoms with Crippen LogP contribution in [0.4, 0.5) is 5.69 Å². The number of ether oxygens (including phenoxy) is 1. The third-order valence-corrected chi connectivity index (χ3v) is 5.77. The molecule has 6 nitrogen and oxygen atoms in total. The Morgan fingerprint density at radius 3 is 2.52 bits per heavy atom. The molecule has 1 aliphatic heterocycles. The third-order valence-electron chi connectivity index (χ3n) is 5.46. The summed E-state index contributed by atoms with van der Waals surface area (Å²) in [5.74, 6) is 0.804. The molecule has 7 heteroatoms. The number of thiocarbonyl (C=S) groups is 1. The highest BCUT2D eigenvalue weighted by Crippen LogP contribution is 2.42. The Morgan fingerprint density at radius 1 is 0.935 bits per heavy atom. The standard InChI is InChI=1S/C24H21N5OS/c1-30-19-11-9-17(10-12-19)29-23(22(27-24(29)31)20-7-2-3-14-26-20)21-8-5-15-28(21)18-6-4-13-25-16-18/h2-16,22-23H,1H3,(H,27,31)/t22-,23+/m0/s1.